The van der Waals surface area contributed by atoms with Crippen LogP contribution in [0.2, 0.25) is 0 Å². The first kappa shape index (κ1) is 12.4. The van der Waals surface area contributed by atoms with E-state index in [1.165, 1.54) is 0 Å². The summed E-state index contributed by atoms with van der Waals surface area (Å²) in [5, 5.41) is 0. The number of carbonyl (C=O) groups is 1. The maximum absolute atomic E-state index is 11.8. The highest BCUT2D eigenvalue weighted by Gasteiger charge is 2.34. The average molecular weight is 186 g/mol. The van der Waals surface area contributed by atoms with Gasteiger partial charge < -0.3 is 4.90 Å². The number of amides is 1. The lowest BCUT2D eigenvalue weighted by Gasteiger charge is -2.38. The number of hydrogen-bond donors (Lipinski definition) is 0. The van der Waals surface area contributed by atoms with Crippen LogP contribution in [0.5, 0.6) is 0 Å². The Morgan fingerprint density at radius 3 is 1.77 bits per heavy atom. The molecule has 0 spiro atoms. The van der Waals surface area contributed by atoms with Gasteiger partial charge in [0.05, 0.1) is 5.54 Å². The zero-order valence-corrected chi connectivity index (χ0v) is 9.88. The fraction of sp³-hybridized carbons (Fsp3) is 0.900. The Morgan fingerprint density at radius 1 is 1.15 bits per heavy atom. The predicted molar refractivity (Wildman–Crippen MR) is 55.7 cm³/mol. The van der Waals surface area contributed by atoms with Crippen molar-refractivity contribution < 1.29 is 4.79 Å². The summed E-state index contributed by atoms with van der Waals surface area (Å²) in [6.45, 7) is 8.08. The molecule has 0 unspecified atom stereocenters. The van der Waals surface area contributed by atoms with Gasteiger partial charge in [0.1, 0.15) is 0 Å². The smallest absolute Gasteiger partial charge is 0.242 e. The number of likely N-dealkylation sites (N-methyl/N-ethyl adjacent to an activating group) is 2. The number of nitrogens with zero attached hydrogens (tertiary/aromatic N) is 2. The second kappa shape index (κ2) is 4.09. The first-order valence-corrected chi connectivity index (χ1v) is 4.66. The second-order valence-corrected chi connectivity index (χ2v) is 4.46. The second-order valence-electron chi connectivity index (χ2n) is 4.46. The summed E-state index contributed by atoms with van der Waals surface area (Å²) in [6.07, 6.45) is 0. The number of hydrogen-bond acceptors (Lipinski definition) is 2. The molecule has 0 aliphatic carbocycles. The first-order valence-electron chi connectivity index (χ1n) is 4.66. The van der Waals surface area contributed by atoms with Crippen LogP contribution in [-0.4, -0.2) is 48.4 Å². The Morgan fingerprint density at radius 2 is 1.54 bits per heavy atom. The molecular weight excluding hydrogens is 164 g/mol. The lowest BCUT2D eigenvalue weighted by molar-refractivity contribution is -0.140. The molecule has 1 amide bonds. The largest absolute Gasteiger partial charge is 0.347 e. The molecule has 0 saturated heterocycles. The van der Waals surface area contributed by atoms with Gasteiger partial charge in [-0.05, 0) is 34.7 Å². The van der Waals surface area contributed by atoms with E-state index in [1.807, 2.05) is 20.9 Å². The minimum atomic E-state index is -0.419. The Bertz CT molecular complexity index is 185. The third kappa shape index (κ3) is 2.69. The van der Waals surface area contributed by atoms with Gasteiger partial charge in [0.15, 0.2) is 0 Å². The Kier molecular flexibility index (Phi) is 3.91. The van der Waals surface area contributed by atoms with Crippen LogP contribution in [0, 0.1) is 0 Å². The number of rotatable bonds is 3. The van der Waals surface area contributed by atoms with Crippen molar-refractivity contribution in [1.29, 1.82) is 0 Å². The first-order chi connectivity index (χ1) is 5.71. The SMILES string of the molecule is CC(C)N(C)C(C)(C)C(=O)N(C)C. The standard InChI is InChI=1S/C10H22N2O/c1-8(2)12(7)10(3,4)9(13)11(5)6/h8H,1-7H3. The molecule has 0 N–H and O–H groups in total. The molecular formula is C10H22N2O. The topological polar surface area (TPSA) is 23.6 Å². The highest BCUT2D eigenvalue weighted by atomic mass is 16.2. The molecule has 13 heavy (non-hydrogen) atoms. The molecule has 0 aliphatic heterocycles. The maximum atomic E-state index is 11.8. The molecule has 3 nitrogen and oxygen atoms in total. The van der Waals surface area contributed by atoms with Crippen LogP contribution < -0.4 is 0 Å². The Hall–Kier alpha value is -0.570. The van der Waals surface area contributed by atoms with Crippen LogP contribution >= 0.6 is 0 Å². The predicted octanol–water partition coefficient (Wildman–Crippen LogP) is 1.19. The average Bonchev–Trinajstić information content (AvgIpc) is 2.01. The molecule has 78 valence electrons. The van der Waals surface area contributed by atoms with Gasteiger partial charge in [-0.3, -0.25) is 9.69 Å². The zero-order valence-electron chi connectivity index (χ0n) is 9.88. The lowest BCUT2D eigenvalue weighted by Crippen LogP contribution is -2.55. The van der Waals surface area contributed by atoms with E-state index in [-0.39, 0.29) is 5.91 Å². The summed E-state index contributed by atoms with van der Waals surface area (Å²) >= 11 is 0. The van der Waals surface area contributed by atoms with Gasteiger partial charge in [-0.15, -0.1) is 0 Å². The van der Waals surface area contributed by atoms with E-state index in [0.717, 1.165) is 0 Å². The van der Waals surface area contributed by atoms with Crippen molar-refractivity contribution in [2.75, 3.05) is 21.1 Å². The third-order valence-electron chi connectivity index (χ3n) is 2.59. The van der Waals surface area contributed by atoms with Crippen molar-refractivity contribution in [3.8, 4) is 0 Å². The van der Waals surface area contributed by atoms with E-state index < -0.39 is 5.54 Å². The summed E-state index contributed by atoms with van der Waals surface area (Å²) in [5.74, 6) is 0.142. The van der Waals surface area contributed by atoms with Crippen molar-refractivity contribution in [2.24, 2.45) is 0 Å². The van der Waals surface area contributed by atoms with Crippen LogP contribution in [0.25, 0.3) is 0 Å². The minimum absolute atomic E-state index is 0.142. The molecule has 3 heteroatoms. The highest BCUT2D eigenvalue weighted by Crippen LogP contribution is 2.17. The van der Waals surface area contributed by atoms with E-state index in [4.69, 9.17) is 0 Å². The van der Waals surface area contributed by atoms with Crippen LogP contribution in [0.4, 0.5) is 0 Å². The van der Waals surface area contributed by atoms with Crippen molar-refractivity contribution in [3.63, 3.8) is 0 Å². The molecule has 0 aromatic carbocycles. The summed E-state index contributed by atoms with van der Waals surface area (Å²) < 4.78 is 0. The molecule has 0 aliphatic rings. The summed E-state index contributed by atoms with van der Waals surface area (Å²) in [6, 6.07) is 0.374. The van der Waals surface area contributed by atoms with Gasteiger partial charge in [-0.25, -0.2) is 0 Å². The van der Waals surface area contributed by atoms with Gasteiger partial charge in [-0.2, -0.15) is 0 Å². The van der Waals surface area contributed by atoms with E-state index in [2.05, 4.69) is 18.7 Å². The van der Waals surface area contributed by atoms with E-state index >= 15 is 0 Å². The fourth-order valence-electron chi connectivity index (χ4n) is 1.34. The summed E-state index contributed by atoms with van der Waals surface area (Å²) in [5.41, 5.74) is -0.419. The van der Waals surface area contributed by atoms with E-state index in [0.29, 0.717) is 6.04 Å². The third-order valence-corrected chi connectivity index (χ3v) is 2.59. The Labute approximate surface area is 81.7 Å². The van der Waals surface area contributed by atoms with E-state index in [1.54, 1.807) is 19.0 Å². The van der Waals surface area contributed by atoms with Gasteiger partial charge in [0.25, 0.3) is 0 Å². The summed E-state index contributed by atoms with van der Waals surface area (Å²) in [4.78, 5) is 15.5. The summed E-state index contributed by atoms with van der Waals surface area (Å²) in [7, 11) is 5.56. The van der Waals surface area contributed by atoms with Gasteiger partial charge in [0, 0.05) is 20.1 Å². The van der Waals surface area contributed by atoms with Crippen LogP contribution in [-0.2, 0) is 4.79 Å². The van der Waals surface area contributed by atoms with Crippen LogP contribution in [0.3, 0.4) is 0 Å². The zero-order chi connectivity index (χ0) is 10.8. The monoisotopic (exact) mass is 186 g/mol. The van der Waals surface area contributed by atoms with Crippen LogP contribution in [0.15, 0.2) is 0 Å². The molecule has 0 saturated carbocycles. The van der Waals surface area contributed by atoms with Gasteiger partial charge in [0.2, 0.25) is 5.91 Å². The maximum Gasteiger partial charge on any atom is 0.242 e. The van der Waals surface area contributed by atoms with Crippen molar-refractivity contribution in [2.45, 2.75) is 39.3 Å². The molecule has 0 bridgehead atoms. The lowest BCUT2D eigenvalue weighted by atomic mass is 10.00. The van der Waals surface area contributed by atoms with E-state index in [9.17, 15) is 4.79 Å². The molecule has 0 aromatic heterocycles. The van der Waals surface area contributed by atoms with Crippen molar-refractivity contribution in [3.05, 3.63) is 0 Å². The van der Waals surface area contributed by atoms with Gasteiger partial charge in [-0.1, -0.05) is 0 Å². The van der Waals surface area contributed by atoms with Crippen molar-refractivity contribution >= 4 is 5.91 Å². The molecule has 0 rings (SSSR count). The fourth-order valence-corrected chi connectivity index (χ4v) is 1.34. The van der Waals surface area contributed by atoms with Crippen LogP contribution in [0.1, 0.15) is 27.7 Å². The number of carbonyl (C=O) groups excluding carboxylic acids is 1. The van der Waals surface area contributed by atoms with Crippen molar-refractivity contribution in [1.82, 2.24) is 9.80 Å². The quantitative estimate of drug-likeness (QED) is 0.661. The minimum Gasteiger partial charge on any atom is -0.347 e. The molecule has 0 radical (unpaired) electrons. The molecule has 0 heterocycles. The highest BCUT2D eigenvalue weighted by molar-refractivity contribution is 5.85. The molecule has 0 atom stereocenters. The van der Waals surface area contributed by atoms with Gasteiger partial charge >= 0.3 is 0 Å². The molecule has 0 fully saturated rings. The Balaban J connectivity index is 4.65. The molecule has 0 aromatic rings. The normalized spacial score (nSPS) is 12.4.